The van der Waals surface area contributed by atoms with E-state index in [1.807, 2.05) is 30.3 Å². The summed E-state index contributed by atoms with van der Waals surface area (Å²) in [6, 6.07) is 9.64. The first-order valence-electron chi connectivity index (χ1n) is 6.09. The second-order valence-electron chi connectivity index (χ2n) is 5.27. The molecule has 1 aromatic rings. The van der Waals surface area contributed by atoms with Gasteiger partial charge in [0.05, 0.1) is 5.69 Å². The van der Waals surface area contributed by atoms with Gasteiger partial charge < -0.3 is 0 Å². The molecule has 0 unspecified atom stereocenters. The van der Waals surface area contributed by atoms with Crippen LogP contribution >= 0.6 is 0 Å². The number of rotatable bonds is 3. The minimum absolute atomic E-state index is 0.0862. The predicted octanol–water partition coefficient (Wildman–Crippen LogP) is 3.18. The van der Waals surface area contributed by atoms with Gasteiger partial charge in [0.15, 0.2) is 5.78 Å². The highest BCUT2D eigenvalue weighted by Gasteiger charge is 2.39. The van der Waals surface area contributed by atoms with E-state index in [1.54, 1.807) is 0 Å². The van der Waals surface area contributed by atoms with Gasteiger partial charge in [0.2, 0.25) is 0 Å². The number of carbonyl (C=O) groups excluding carboxylic acids is 1. The van der Waals surface area contributed by atoms with Gasteiger partial charge >= 0.3 is 0 Å². The molecule has 1 fully saturated rings. The summed E-state index contributed by atoms with van der Waals surface area (Å²) in [7, 11) is 0. The van der Waals surface area contributed by atoms with E-state index in [1.165, 1.54) is 0 Å². The zero-order valence-corrected chi connectivity index (χ0v) is 10.4. The van der Waals surface area contributed by atoms with Crippen LogP contribution in [0.15, 0.2) is 30.3 Å². The van der Waals surface area contributed by atoms with Gasteiger partial charge in [-0.1, -0.05) is 32.0 Å². The molecular formula is C14H19NO2. The molecule has 0 amide bonds. The van der Waals surface area contributed by atoms with Crippen molar-refractivity contribution in [1.29, 1.82) is 0 Å². The van der Waals surface area contributed by atoms with Gasteiger partial charge in [0, 0.05) is 11.8 Å². The molecule has 0 aliphatic heterocycles. The number of carbonyl (C=O) groups is 1. The van der Waals surface area contributed by atoms with Crippen molar-refractivity contribution in [2.75, 3.05) is 5.48 Å². The van der Waals surface area contributed by atoms with Crippen molar-refractivity contribution >= 4 is 11.5 Å². The molecule has 92 valence electrons. The number of benzene rings is 1. The molecule has 1 aromatic carbocycles. The number of hydrogen-bond acceptors (Lipinski definition) is 3. The highest BCUT2D eigenvalue weighted by atomic mass is 16.7. The minimum Gasteiger partial charge on any atom is -0.297 e. The molecule has 3 nitrogen and oxygen atoms in total. The lowest BCUT2D eigenvalue weighted by Gasteiger charge is -2.36. The average molecular weight is 233 g/mol. The minimum atomic E-state index is -0.351. The van der Waals surface area contributed by atoms with Gasteiger partial charge in [0.25, 0.3) is 0 Å². The van der Waals surface area contributed by atoms with Gasteiger partial charge in [-0.25, -0.2) is 0 Å². The maximum absolute atomic E-state index is 11.9. The third-order valence-corrected chi connectivity index (χ3v) is 3.31. The van der Waals surface area contributed by atoms with E-state index in [2.05, 4.69) is 19.3 Å². The van der Waals surface area contributed by atoms with Crippen LogP contribution in [0.3, 0.4) is 0 Å². The zero-order valence-electron chi connectivity index (χ0n) is 10.4. The molecule has 0 bridgehead atoms. The van der Waals surface area contributed by atoms with Crippen molar-refractivity contribution in [2.24, 2.45) is 5.41 Å². The molecule has 1 aliphatic rings. The van der Waals surface area contributed by atoms with Crippen molar-refractivity contribution in [3.63, 3.8) is 0 Å². The molecule has 0 aromatic heterocycles. The fourth-order valence-corrected chi connectivity index (χ4v) is 2.27. The molecule has 0 saturated heterocycles. The summed E-state index contributed by atoms with van der Waals surface area (Å²) < 4.78 is 0. The van der Waals surface area contributed by atoms with Crippen LogP contribution in [-0.4, -0.2) is 11.9 Å². The fraction of sp³-hybridized carbons (Fsp3) is 0.500. The van der Waals surface area contributed by atoms with Crippen LogP contribution in [0.1, 0.15) is 33.1 Å². The van der Waals surface area contributed by atoms with Crippen molar-refractivity contribution in [2.45, 2.75) is 39.2 Å². The normalized spacial score (nSPS) is 23.4. The van der Waals surface area contributed by atoms with E-state index in [9.17, 15) is 4.79 Å². The largest absolute Gasteiger partial charge is 0.297 e. The molecule has 17 heavy (non-hydrogen) atoms. The van der Waals surface area contributed by atoms with Gasteiger partial charge in [0.1, 0.15) is 6.10 Å². The molecular weight excluding hydrogens is 214 g/mol. The number of hydrogen-bond donors (Lipinski definition) is 1. The molecule has 0 heterocycles. The van der Waals surface area contributed by atoms with E-state index >= 15 is 0 Å². The van der Waals surface area contributed by atoms with Crippen LogP contribution in [0.25, 0.3) is 0 Å². The van der Waals surface area contributed by atoms with Crippen molar-refractivity contribution in [3.05, 3.63) is 30.3 Å². The third-order valence-electron chi connectivity index (χ3n) is 3.31. The topological polar surface area (TPSA) is 38.3 Å². The number of Topliss-reactive ketones (excluding diaryl/α,β-unsaturated/α-hetero) is 1. The predicted molar refractivity (Wildman–Crippen MR) is 67.6 cm³/mol. The maximum atomic E-state index is 11.9. The quantitative estimate of drug-likeness (QED) is 0.815. The van der Waals surface area contributed by atoms with Crippen LogP contribution in [0, 0.1) is 5.41 Å². The molecule has 2 rings (SSSR count). The van der Waals surface area contributed by atoms with E-state index in [-0.39, 0.29) is 17.3 Å². The number of ketones is 1. The lowest BCUT2D eigenvalue weighted by atomic mass is 9.74. The molecule has 3 heteroatoms. The lowest BCUT2D eigenvalue weighted by molar-refractivity contribution is -0.140. The second-order valence-corrected chi connectivity index (χ2v) is 5.27. The van der Waals surface area contributed by atoms with Crippen LogP contribution in [0.2, 0.25) is 0 Å². The Balaban J connectivity index is 1.99. The summed E-state index contributed by atoms with van der Waals surface area (Å²) in [6.45, 7) is 4.17. The van der Waals surface area contributed by atoms with Crippen molar-refractivity contribution in [3.8, 4) is 0 Å². The van der Waals surface area contributed by atoms with Crippen LogP contribution in [0.4, 0.5) is 5.69 Å². The highest BCUT2D eigenvalue weighted by molar-refractivity contribution is 5.84. The first-order valence-corrected chi connectivity index (χ1v) is 6.09. The van der Waals surface area contributed by atoms with Crippen LogP contribution in [-0.2, 0) is 9.63 Å². The molecule has 0 radical (unpaired) electrons. The Morgan fingerprint density at radius 3 is 2.65 bits per heavy atom. The van der Waals surface area contributed by atoms with Gasteiger partial charge in [-0.3, -0.25) is 15.1 Å². The van der Waals surface area contributed by atoms with E-state index in [0.29, 0.717) is 6.42 Å². The highest BCUT2D eigenvalue weighted by Crippen LogP contribution is 2.35. The van der Waals surface area contributed by atoms with Crippen molar-refractivity contribution < 1.29 is 9.63 Å². The molecule has 1 aliphatic carbocycles. The SMILES string of the molecule is CC1(C)CCCC(=O)[C@@H]1ONc1ccccc1. The van der Waals surface area contributed by atoms with Crippen LogP contribution < -0.4 is 5.48 Å². The molecule has 1 N–H and O–H groups in total. The summed E-state index contributed by atoms with van der Waals surface area (Å²) in [5.41, 5.74) is 3.67. The Hall–Kier alpha value is -1.35. The monoisotopic (exact) mass is 233 g/mol. The second kappa shape index (κ2) is 4.88. The standard InChI is InChI=1S/C14H19NO2/c1-14(2)10-6-9-12(16)13(14)17-15-11-7-4-3-5-8-11/h3-5,7-8,13,15H,6,9-10H2,1-2H3/t13-/m0/s1. The van der Waals surface area contributed by atoms with Gasteiger partial charge in [-0.2, -0.15) is 0 Å². The number of nitrogens with one attached hydrogen (secondary N) is 1. The Labute approximate surface area is 102 Å². The van der Waals surface area contributed by atoms with E-state index in [4.69, 9.17) is 4.84 Å². The third kappa shape index (κ3) is 2.86. The van der Waals surface area contributed by atoms with E-state index in [0.717, 1.165) is 18.5 Å². The first-order chi connectivity index (χ1) is 8.09. The van der Waals surface area contributed by atoms with E-state index < -0.39 is 0 Å². The average Bonchev–Trinajstić information content (AvgIpc) is 2.29. The Morgan fingerprint density at radius 2 is 2.00 bits per heavy atom. The maximum Gasteiger partial charge on any atom is 0.164 e. The Bertz CT molecular complexity index is 386. The van der Waals surface area contributed by atoms with Gasteiger partial charge in [-0.05, 0) is 25.0 Å². The zero-order chi connectivity index (χ0) is 12.3. The first kappa shape index (κ1) is 12.1. The molecule has 1 atom stereocenters. The van der Waals surface area contributed by atoms with Crippen LogP contribution in [0.5, 0.6) is 0 Å². The lowest BCUT2D eigenvalue weighted by Crippen LogP contribution is -2.43. The summed E-state index contributed by atoms with van der Waals surface area (Å²) in [5.74, 6) is 0.199. The van der Waals surface area contributed by atoms with Crippen molar-refractivity contribution in [1.82, 2.24) is 0 Å². The molecule has 0 spiro atoms. The summed E-state index contributed by atoms with van der Waals surface area (Å²) in [5, 5.41) is 0. The summed E-state index contributed by atoms with van der Waals surface area (Å²) in [6.07, 6.45) is 2.28. The molecule has 1 saturated carbocycles. The summed E-state index contributed by atoms with van der Waals surface area (Å²) in [4.78, 5) is 17.5. The summed E-state index contributed by atoms with van der Waals surface area (Å²) >= 11 is 0. The number of anilines is 1. The Morgan fingerprint density at radius 1 is 1.29 bits per heavy atom. The fourth-order valence-electron chi connectivity index (χ4n) is 2.27. The Kier molecular flexibility index (Phi) is 3.48. The number of para-hydroxylation sites is 1. The van der Waals surface area contributed by atoms with Gasteiger partial charge in [-0.15, -0.1) is 0 Å². The smallest absolute Gasteiger partial charge is 0.164 e.